The Labute approximate surface area is 110 Å². The number of carboxylic acids is 1. The van der Waals surface area contributed by atoms with Gasteiger partial charge in [-0.15, -0.1) is 0 Å². The first kappa shape index (κ1) is 14.7. The molecule has 0 saturated heterocycles. The number of hydrogen-bond acceptors (Lipinski definition) is 3. The third kappa shape index (κ3) is 4.79. The van der Waals surface area contributed by atoms with Crippen LogP contribution in [0.15, 0.2) is 24.3 Å². The summed E-state index contributed by atoms with van der Waals surface area (Å²) in [5, 5.41) is 13.6. The Kier molecular flexibility index (Phi) is 5.53. The van der Waals surface area contributed by atoms with E-state index in [0.717, 1.165) is 6.42 Å². The first-order chi connectivity index (χ1) is 9.04. The van der Waals surface area contributed by atoms with E-state index < -0.39 is 18.3 Å². The summed E-state index contributed by atoms with van der Waals surface area (Å²) >= 11 is 0. The molecular weight excluding hydrogens is 248 g/mol. The Balaban J connectivity index is 2.80. The second kappa shape index (κ2) is 7.15. The van der Waals surface area contributed by atoms with Gasteiger partial charge in [0, 0.05) is 6.54 Å². The van der Waals surface area contributed by atoms with Gasteiger partial charge in [-0.25, -0.2) is 0 Å². The Bertz CT molecular complexity index is 485. The standard InChI is InChI=1S/C13H16N2O4/c1-2-7-14-13(19)9-5-3-4-6-10(9)15-11(16)8-12(17)18/h3-6H,2,7-8H2,1H3,(H,14,19)(H,15,16)(H,17,18). The number of rotatable bonds is 6. The molecule has 1 aromatic rings. The van der Waals surface area contributed by atoms with E-state index in [2.05, 4.69) is 10.6 Å². The minimum absolute atomic E-state index is 0.298. The molecule has 0 spiro atoms. The van der Waals surface area contributed by atoms with Crippen LogP contribution in [-0.2, 0) is 9.59 Å². The van der Waals surface area contributed by atoms with Gasteiger partial charge in [0.1, 0.15) is 6.42 Å². The second-order valence-corrected chi connectivity index (χ2v) is 3.92. The highest BCUT2D eigenvalue weighted by Gasteiger charge is 2.14. The Morgan fingerprint density at radius 2 is 1.89 bits per heavy atom. The summed E-state index contributed by atoms with van der Waals surface area (Å²) in [6.07, 6.45) is 0.171. The van der Waals surface area contributed by atoms with Crippen molar-refractivity contribution in [3.8, 4) is 0 Å². The molecule has 102 valence electrons. The predicted molar refractivity (Wildman–Crippen MR) is 69.9 cm³/mol. The summed E-state index contributed by atoms with van der Waals surface area (Å²) in [7, 11) is 0. The maximum atomic E-state index is 11.8. The number of amides is 2. The zero-order chi connectivity index (χ0) is 14.3. The molecule has 0 aliphatic heterocycles. The van der Waals surface area contributed by atoms with Gasteiger partial charge in [-0.1, -0.05) is 19.1 Å². The van der Waals surface area contributed by atoms with E-state index in [9.17, 15) is 14.4 Å². The van der Waals surface area contributed by atoms with Crippen LogP contribution in [0, 0.1) is 0 Å². The smallest absolute Gasteiger partial charge is 0.312 e. The van der Waals surface area contributed by atoms with E-state index in [1.165, 1.54) is 0 Å². The first-order valence-corrected chi connectivity index (χ1v) is 5.93. The average molecular weight is 264 g/mol. The van der Waals surface area contributed by atoms with E-state index >= 15 is 0 Å². The van der Waals surface area contributed by atoms with Crippen molar-refractivity contribution in [2.24, 2.45) is 0 Å². The third-order valence-corrected chi connectivity index (χ3v) is 2.29. The molecule has 19 heavy (non-hydrogen) atoms. The van der Waals surface area contributed by atoms with Crippen LogP contribution in [0.4, 0.5) is 5.69 Å². The zero-order valence-corrected chi connectivity index (χ0v) is 10.6. The normalized spacial score (nSPS) is 9.74. The monoisotopic (exact) mass is 264 g/mol. The van der Waals surface area contributed by atoms with E-state index in [4.69, 9.17) is 5.11 Å². The zero-order valence-electron chi connectivity index (χ0n) is 10.6. The number of benzene rings is 1. The lowest BCUT2D eigenvalue weighted by Crippen LogP contribution is -2.26. The van der Waals surface area contributed by atoms with Crippen LogP contribution in [0.2, 0.25) is 0 Å². The number of para-hydroxylation sites is 1. The highest BCUT2D eigenvalue weighted by atomic mass is 16.4. The quantitative estimate of drug-likeness (QED) is 0.673. The number of carbonyl (C=O) groups is 3. The van der Waals surface area contributed by atoms with Gasteiger partial charge in [-0.2, -0.15) is 0 Å². The van der Waals surface area contributed by atoms with Crippen molar-refractivity contribution < 1.29 is 19.5 Å². The van der Waals surface area contributed by atoms with Crippen molar-refractivity contribution in [2.45, 2.75) is 19.8 Å². The van der Waals surface area contributed by atoms with Crippen molar-refractivity contribution >= 4 is 23.5 Å². The molecule has 1 rings (SSSR count). The lowest BCUT2D eigenvalue weighted by Gasteiger charge is -2.10. The summed E-state index contributed by atoms with van der Waals surface area (Å²) in [5.74, 6) is -2.18. The molecule has 0 aliphatic carbocycles. The van der Waals surface area contributed by atoms with Gasteiger partial charge in [0.2, 0.25) is 5.91 Å². The van der Waals surface area contributed by atoms with Gasteiger partial charge in [-0.05, 0) is 18.6 Å². The Morgan fingerprint density at radius 1 is 1.21 bits per heavy atom. The largest absolute Gasteiger partial charge is 0.481 e. The Hall–Kier alpha value is -2.37. The SMILES string of the molecule is CCCNC(=O)c1ccccc1NC(=O)CC(=O)O. The molecule has 0 fully saturated rings. The molecular formula is C13H16N2O4. The molecule has 6 heteroatoms. The predicted octanol–water partition coefficient (Wildman–Crippen LogP) is 1.24. The van der Waals surface area contributed by atoms with E-state index in [-0.39, 0.29) is 5.91 Å². The lowest BCUT2D eigenvalue weighted by atomic mass is 10.1. The number of anilines is 1. The molecule has 0 unspecified atom stereocenters. The molecule has 2 amide bonds. The van der Waals surface area contributed by atoms with Crippen molar-refractivity contribution in [1.29, 1.82) is 0 Å². The van der Waals surface area contributed by atoms with Crippen LogP contribution >= 0.6 is 0 Å². The van der Waals surface area contributed by atoms with Gasteiger partial charge in [0.25, 0.3) is 5.91 Å². The van der Waals surface area contributed by atoms with Gasteiger partial charge in [0.05, 0.1) is 11.3 Å². The number of nitrogens with one attached hydrogen (secondary N) is 2. The summed E-state index contributed by atoms with van der Waals surface area (Å²) in [6, 6.07) is 6.46. The molecule has 0 aliphatic rings. The second-order valence-electron chi connectivity index (χ2n) is 3.92. The fourth-order valence-corrected chi connectivity index (χ4v) is 1.46. The minimum Gasteiger partial charge on any atom is -0.481 e. The molecule has 0 atom stereocenters. The van der Waals surface area contributed by atoms with Crippen LogP contribution in [0.5, 0.6) is 0 Å². The molecule has 0 bridgehead atoms. The topological polar surface area (TPSA) is 95.5 Å². The fourth-order valence-electron chi connectivity index (χ4n) is 1.46. The maximum Gasteiger partial charge on any atom is 0.312 e. The van der Waals surface area contributed by atoms with E-state index in [1.807, 2.05) is 6.92 Å². The molecule has 0 radical (unpaired) electrons. The number of aliphatic carboxylic acids is 1. The van der Waals surface area contributed by atoms with Crippen LogP contribution in [-0.4, -0.2) is 29.4 Å². The van der Waals surface area contributed by atoms with Crippen molar-refractivity contribution in [1.82, 2.24) is 5.32 Å². The van der Waals surface area contributed by atoms with Gasteiger partial charge in [-0.3, -0.25) is 14.4 Å². The Morgan fingerprint density at radius 3 is 2.53 bits per heavy atom. The molecule has 3 N–H and O–H groups in total. The van der Waals surface area contributed by atoms with Crippen molar-refractivity contribution in [3.05, 3.63) is 29.8 Å². The molecule has 0 aromatic heterocycles. The van der Waals surface area contributed by atoms with Gasteiger partial charge in [0.15, 0.2) is 0 Å². The lowest BCUT2D eigenvalue weighted by molar-refractivity contribution is -0.139. The number of carboxylic acid groups (broad SMARTS) is 1. The van der Waals surface area contributed by atoms with Crippen molar-refractivity contribution in [2.75, 3.05) is 11.9 Å². The molecule has 0 heterocycles. The number of carbonyl (C=O) groups excluding carboxylic acids is 2. The maximum absolute atomic E-state index is 11.8. The highest BCUT2D eigenvalue weighted by molar-refractivity contribution is 6.06. The number of hydrogen-bond donors (Lipinski definition) is 3. The van der Waals surface area contributed by atoms with Gasteiger partial charge < -0.3 is 15.7 Å². The van der Waals surface area contributed by atoms with Crippen LogP contribution in [0.25, 0.3) is 0 Å². The molecule has 1 aromatic carbocycles. The van der Waals surface area contributed by atoms with E-state index in [1.54, 1.807) is 24.3 Å². The van der Waals surface area contributed by atoms with Crippen molar-refractivity contribution in [3.63, 3.8) is 0 Å². The molecule has 0 saturated carbocycles. The van der Waals surface area contributed by atoms with E-state index in [0.29, 0.717) is 17.8 Å². The summed E-state index contributed by atoms with van der Waals surface area (Å²) in [6.45, 7) is 2.47. The van der Waals surface area contributed by atoms with Gasteiger partial charge >= 0.3 is 5.97 Å². The fraction of sp³-hybridized carbons (Fsp3) is 0.308. The first-order valence-electron chi connectivity index (χ1n) is 5.93. The summed E-state index contributed by atoms with van der Waals surface area (Å²) in [5.41, 5.74) is 0.622. The van der Waals surface area contributed by atoms with Crippen LogP contribution in [0.3, 0.4) is 0 Å². The summed E-state index contributed by atoms with van der Waals surface area (Å²) in [4.78, 5) is 33.7. The molecule has 6 nitrogen and oxygen atoms in total. The van der Waals surface area contributed by atoms with Crippen LogP contribution < -0.4 is 10.6 Å². The average Bonchev–Trinajstić information content (AvgIpc) is 2.35. The highest BCUT2D eigenvalue weighted by Crippen LogP contribution is 2.15. The van der Waals surface area contributed by atoms with Crippen LogP contribution in [0.1, 0.15) is 30.1 Å². The summed E-state index contributed by atoms with van der Waals surface area (Å²) < 4.78 is 0. The minimum atomic E-state index is -1.22. The third-order valence-electron chi connectivity index (χ3n) is 2.29.